The molecule has 0 radical (unpaired) electrons. The molecule has 0 spiro atoms. The minimum absolute atomic E-state index is 0.0734. The van der Waals surface area contributed by atoms with Crippen molar-refractivity contribution in [3.63, 3.8) is 0 Å². The highest BCUT2D eigenvalue weighted by Gasteiger charge is 2.13. The predicted octanol–water partition coefficient (Wildman–Crippen LogP) is 5.49. The van der Waals surface area contributed by atoms with Crippen molar-refractivity contribution in [3.8, 4) is 0 Å². The standard InChI is InChI=1S/C25H32O3/c1-5-6-19(4)24-14-13-21(15-23(24)17-28-25(27)18(2)3)10-7-20-8-11-22(16-26)12-9-20/h8-9,11-15,19,26H,2,5-7,10,16-17H2,1,3-4H3. The third kappa shape index (κ3) is 6.35. The van der Waals surface area contributed by atoms with Crippen LogP contribution in [0.1, 0.15) is 67.3 Å². The van der Waals surface area contributed by atoms with Crippen molar-refractivity contribution in [1.82, 2.24) is 0 Å². The number of benzene rings is 2. The Hall–Kier alpha value is -2.39. The van der Waals surface area contributed by atoms with Gasteiger partial charge in [0.2, 0.25) is 0 Å². The van der Waals surface area contributed by atoms with Crippen LogP contribution in [0.2, 0.25) is 0 Å². The Kier molecular flexibility index (Phi) is 8.46. The van der Waals surface area contributed by atoms with Crippen molar-refractivity contribution < 1.29 is 14.6 Å². The maximum atomic E-state index is 11.8. The molecule has 0 saturated carbocycles. The number of esters is 1. The summed E-state index contributed by atoms with van der Waals surface area (Å²) in [5, 5.41) is 9.16. The molecule has 0 heterocycles. The lowest BCUT2D eigenvalue weighted by atomic mass is 9.90. The Bertz CT molecular complexity index is 790. The number of ether oxygens (including phenoxy) is 1. The van der Waals surface area contributed by atoms with Crippen LogP contribution in [0.4, 0.5) is 0 Å². The lowest BCUT2D eigenvalue weighted by Gasteiger charge is -2.18. The molecule has 150 valence electrons. The molecule has 3 heteroatoms. The van der Waals surface area contributed by atoms with Crippen LogP contribution in [-0.2, 0) is 35.6 Å². The molecule has 0 bridgehead atoms. The van der Waals surface area contributed by atoms with Gasteiger partial charge in [0.05, 0.1) is 6.61 Å². The van der Waals surface area contributed by atoms with Gasteiger partial charge in [-0.3, -0.25) is 0 Å². The summed E-state index contributed by atoms with van der Waals surface area (Å²) in [7, 11) is 0. The Balaban J connectivity index is 2.14. The Labute approximate surface area is 169 Å². The Morgan fingerprint density at radius 3 is 2.29 bits per heavy atom. The molecule has 28 heavy (non-hydrogen) atoms. The van der Waals surface area contributed by atoms with Gasteiger partial charge in [0, 0.05) is 5.57 Å². The number of carbonyl (C=O) groups is 1. The maximum Gasteiger partial charge on any atom is 0.333 e. The lowest BCUT2D eigenvalue weighted by Crippen LogP contribution is -2.08. The van der Waals surface area contributed by atoms with E-state index in [-0.39, 0.29) is 19.2 Å². The summed E-state index contributed by atoms with van der Waals surface area (Å²) in [6.45, 7) is 10.1. The minimum atomic E-state index is -0.344. The number of aryl methyl sites for hydroxylation is 2. The summed E-state index contributed by atoms with van der Waals surface area (Å²) in [6, 6.07) is 14.6. The zero-order valence-electron chi connectivity index (χ0n) is 17.3. The van der Waals surface area contributed by atoms with Crippen LogP contribution in [0, 0.1) is 0 Å². The smallest absolute Gasteiger partial charge is 0.333 e. The van der Waals surface area contributed by atoms with Crippen molar-refractivity contribution in [2.45, 2.75) is 65.6 Å². The molecule has 2 rings (SSSR count). The molecular formula is C25H32O3. The van der Waals surface area contributed by atoms with Gasteiger partial charge < -0.3 is 9.84 Å². The van der Waals surface area contributed by atoms with Crippen LogP contribution in [0.3, 0.4) is 0 Å². The van der Waals surface area contributed by atoms with E-state index < -0.39 is 0 Å². The fraction of sp³-hybridized carbons (Fsp3) is 0.400. The second kappa shape index (κ2) is 10.8. The number of aliphatic hydroxyl groups excluding tert-OH is 1. The van der Waals surface area contributed by atoms with Crippen LogP contribution < -0.4 is 0 Å². The number of hydrogen-bond donors (Lipinski definition) is 1. The van der Waals surface area contributed by atoms with E-state index in [9.17, 15) is 4.79 Å². The molecule has 1 N–H and O–H groups in total. The first-order valence-electron chi connectivity index (χ1n) is 10.1. The van der Waals surface area contributed by atoms with E-state index >= 15 is 0 Å². The first-order valence-corrected chi connectivity index (χ1v) is 10.1. The van der Waals surface area contributed by atoms with Gasteiger partial charge in [0.1, 0.15) is 6.61 Å². The third-order valence-corrected chi connectivity index (χ3v) is 5.08. The second-order valence-electron chi connectivity index (χ2n) is 7.55. The molecule has 0 amide bonds. The highest BCUT2D eigenvalue weighted by molar-refractivity contribution is 5.86. The van der Waals surface area contributed by atoms with Crippen LogP contribution in [0.25, 0.3) is 0 Å². The topological polar surface area (TPSA) is 46.5 Å². The quantitative estimate of drug-likeness (QED) is 0.438. The zero-order valence-corrected chi connectivity index (χ0v) is 17.3. The summed E-state index contributed by atoms with van der Waals surface area (Å²) in [5.74, 6) is 0.0899. The molecule has 0 saturated heterocycles. The highest BCUT2D eigenvalue weighted by Crippen LogP contribution is 2.26. The predicted molar refractivity (Wildman–Crippen MR) is 114 cm³/mol. The molecular weight excluding hydrogens is 348 g/mol. The summed E-state index contributed by atoms with van der Waals surface area (Å²) in [4.78, 5) is 11.8. The van der Waals surface area contributed by atoms with Crippen molar-refractivity contribution in [2.24, 2.45) is 0 Å². The van der Waals surface area contributed by atoms with Crippen molar-refractivity contribution in [1.29, 1.82) is 0 Å². The van der Waals surface area contributed by atoms with E-state index in [0.717, 1.165) is 36.8 Å². The van der Waals surface area contributed by atoms with Gasteiger partial charge in [-0.15, -0.1) is 0 Å². The molecule has 0 aromatic heterocycles. The Morgan fingerprint density at radius 2 is 1.68 bits per heavy atom. The molecule has 2 aromatic carbocycles. The van der Waals surface area contributed by atoms with E-state index in [1.54, 1.807) is 6.92 Å². The van der Waals surface area contributed by atoms with Crippen molar-refractivity contribution in [2.75, 3.05) is 0 Å². The largest absolute Gasteiger partial charge is 0.457 e. The van der Waals surface area contributed by atoms with Crippen LogP contribution in [0.5, 0.6) is 0 Å². The summed E-state index contributed by atoms with van der Waals surface area (Å²) >= 11 is 0. The van der Waals surface area contributed by atoms with Crippen LogP contribution in [0.15, 0.2) is 54.6 Å². The Morgan fingerprint density at radius 1 is 1.07 bits per heavy atom. The van der Waals surface area contributed by atoms with Crippen LogP contribution in [-0.4, -0.2) is 11.1 Å². The van der Waals surface area contributed by atoms with Crippen molar-refractivity contribution >= 4 is 5.97 Å². The number of hydrogen-bond acceptors (Lipinski definition) is 3. The lowest BCUT2D eigenvalue weighted by molar-refractivity contribution is -0.140. The molecule has 0 fully saturated rings. The summed E-state index contributed by atoms with van der Waals surface area (Å²) < 4.78 is 5.44. The van der Waals surface area contributed by atoms with E-state index in [0.29, 0.717) is 11.5 Å². The molecule has 2 aromatic rings. The first kappa shape index (κ1) is 21.9. The third-order valence-electron chi connectivity index (χ3n) is 5.08. The fourth-order valence-corrected chi connectivity index (χ4v) is 3.38. The summed E-state index contributed by atoms with van der Waals surface area (Å²) in [5.41, 5.74) is 6.18. The normalized spacial score (nSPS) is 11.9. The average Bonchev–Trinajstić information content (AvgIpc) is 2.70. The van der Waals surface area contributed by atoms with Crippen LogP contribution >= 0.6 is 0 Å². The van der Waals surface area contributed by atoms with E-state index in [1.165, 1.54) is 16.7 Å². The second-order valence-corrected chi connectivity index (χ2v) is 7.55. The first-order chi connectivity index (χ1) is 13.4. The van der Waals surface area contributed by atoms with Gasteiger partial charge >= 0.3 is 5.97 Å². The molecule has 0 aliphatic carbocycles. The monoisotopic (exact) mass is 380 g/mol. The van der Waals surface area contributed by atoms with Gasteiger partial charge in [-0.05, 0) is 59.9 Å². The molecule has 1 unspecified atom stereocenters. The average molecular weight is 381 g/mol. The van der Waals surface area contributed by atoms with Gasteiger partial charge in [0.15, 0.2) is 0 Å². The van der Waals surface area contributed by atoms with E-state index in [1.807, 2.05) is 12.1 Å². The molecule has 0 aliphatic rings. The van der Waals surface area contributed by atoms with Crippen molar-refractivity contribution in [3.05, 3.63) is 82.4 Å². The number of carbonyl (C=O) groups excluding carboxylic acids is 1. The number of rotatable bonds is 10. The van der Waals surface area contributed by atoms with Gasteiger partial charge in [0.25, 0.3) is 0 Å². The van der Waals surface area contributed by atoms with Gasteiger partial charge in [-0.25, -0.2) is 4.79 Å². The number of aliphatic hydroxyl groups is 1. The van der Waals surface area contributed by atoms with Gasteiger partial charge in [-0.2, -0.15) is 0 Å². The maximum absolute atomic E-state index is 11.8. The summed E-state index contributed by atoms with van der Waals surface area (Å²) in [6.07, 6.45) is 4.08. The SMILES string of the molecule is C=C(C)C(=O)OCc1cc(CCc2ccc(CO)cc2)ccc1C(C)CCC. The highest BCUT2D eigenvalue weighted by atomic mass is 16.5. The molecule has 0 aliphatic heterocycles. The molecule has 1 atom stereocenters. The molecule has 3 nitrogen and oxygen atoms in total. The zero-order chi connectivity index (χ0) is 20.5. The van der Waals surface area contributed by atoms with Gasteiger partial charge in [-0.1, -0.05) is 69.3 Å². The fourth-order valence-electron chi connectivity index (χ4n) is 3.38. The minimum Gasteiger partial charge on any atom is -0.457 e. The van der Waals surface area contributed by atoms with E-state index in [2.05, 4.69) is 50.8 Å². The van der Waals surface area contributed by atoms with E-state index in [4.69, 9.17) is 9.84 Å².